The quantitative estimate of drug-likeness (QED) is 0.816. The number of piperidine rings is 1. The number of nitrogens with zero attached hydrogens (tertiary/aromatic N) is 4. The number of benzene rings is 1. The van der Waals surface area contributed by atoms with Crippen molar-refractivity contribution in [3.63, 3.8) is 0 Å². The maximum atomic E-state index is 13.0. The first-order chi connectivity index (χ1) is 13.5. The fourth-order valence-corrected chi connectivity index (χ4v) is 4.56. The van der Waals surface area contributed by atoms with E-state index in [1.807, 2.05) is 54.4 Å². The number of carbonyl (C=O) groups excluding carboxylic acids is 1. The highest BCUT2D eigenvalue weighted by molar-refractivity contribution is 5.79. The lowest BCUT2D eigenvalue weighted by atomic mass is 9.77. The highest BCUT2D eigenvalue weighted by atomic mass is 16.5. The SMILES string of the molecule is COc1cccc(CC(=O)N2CCCC3(CCc4cnc(N(C)C)nc43)C2)c1. The first kappa shape index (κ1) is 18.7. The number of carbonyl (C=O) groups is 1. The molecule has 28 heavy (non-hydrogen) atoms. The molecule has 148 valence electrons. The third kappa shape index (κ3) is 3.43. The van der Waals surface area contributed by atoms with E-state index in [1.165, 1.54) is 5.56 Å². The number of amides is 1. The number of ether oxygens (including phenoxy) is 1. The van der Waals surface area contributed by atoms with E-state index in [-0.39, 0.29) is 11.3 Å². The maximum Gasteiger partial charge on any atom is 0.227 e. The summed E-state index contributed by atoms with van der Waals surface area (Å²) in [5.41, 5.74) is 3.37. The van der Waals surface area contributed by atoms with Gasteiger partial charge in [0.25, 0.3) is 0 Å². The molecule has 1 spiro atoms. The third-order valence-corrected chi connectivity index (χ3v) is 6.05. The average Bonchev–Trinajstić information content (AvgIpc) is 3.05. The number of methoxy groups -OCH3 is 1. The molecule has 1 aliphatic carbocycles. The number of fused-ring (bicyclic) bond motifs is 2. The van der Waals surface area contributed by atoms with E-state index in [0.717, 1.165) is 61.7 Å². The lowest BCUT2D eigenvalue weighted by molar-refractivity contribution is -0.132. The van der Waals surface area contributed by atoms with Gasteiger partial charge in [-0.15, -0.1) is 0 Å². The monoisotopic (exact) mass is 380 g/mol. The van der Waals surface area contributed by atoms with E-state index in [1.54, 1.807) is 7.11 Å². The van der Waals surface area contributed by atoms with E-state index in [4.69, 9.17) is 9.72 Å². The summed E-state index contributed by atoms with van der Waals surface area (Å²) in [6.07, 6.45) is 6.55. The van der Waals surface area contributed by atoms with Crippen molar-refractivity contribution < 1.29 is 9.53 Å². The molecule has 6 heteroatoms. The third-order valence-electron chi connectivity index (χ3n) is 6.05. The standard InChI is InChI=1S/C22H28N4O2/c1-25(2)21-23-14-17-8-10-22(20(17)24-21)9-5-11-26(15-22)19(27)13-16-6-4-7-18(12-16)28-3/h4,6-7,12,14H,5,8-11,13,15H2,1-3H3. The Morgan fingerprint density at radius 3 is 2.96 bits per heavy atom. The molecule has 6 nitrogen and oxygen atoms in total. The molecule has 1 aromatic heterocycles. The summed E-state index contributed by atoms with van der Waals surface area (Å²) in [6, 6.07) is 7.77. The number of aromatic nitrogens is 2. The molecule has 1 aromatic carbocycles. The van der Waals surface area contributed by atoms with Crippen molar-refractivity contribution in [1.82, 2.24) is 14.9 Å². The molecule has 1 atom stereocenters. The van der Waals surface area contributed by atoms with Crippen LogP contribution < -0.4 is 9.64 Å². The van der Waals surface area contributed by atoms with Crippen LogP contribution in [0.4, 0.5) is 5.95 Å². The van der Waals surface area contributed by atoms with Gasteiger partial charge in [-0.25, -0.2) is 9.97 Å². The van der Waals surface area contributed by atoms with Crippen LogP contribution in [0, 0.1) is 0 Å². The van der Waals surface area contributed by atoms with E-state index in [0.29, 0.717) is 6.42 Å². The Hall–Kier alpha value is -2.63. The number of likely N-dealkylation sites (tertiary alicyclic amines) is 1. The number of aryl methyl sites for hydroxylation is 1. The molecule has 1 saturated heterocycles. The molecular weight excluding hydrogens is 352 g/mol. The highest BCUT2D eigenvalue weighted by Crippen LogP contribution is 2.44. The summed E-state index contributed by atoms with van der Waals surface area (Å²) in [4.78, 5) is 26.4. The van der Waals surface area contributed by atoms with Crippen LogP contribution in [0.2, 0.25) is 0 Å². The van der Waals surface area contributed by atoms with Crippen LogP contribution in [0.1, 0.15) is 36.1 Å². The fourth-order valence-electron chi connectivity index (χ4n) is 4.56. The van der Waals surface area contributed by atoms with Crippen LogP contribution in [-0.2, 0) is 23.1 Å². The van der Waals surface area contributed by atoms with Crippen molar-refractivity contribution in [1.29, 1.82) is 0 Å². The highest BCUT2D eigenvalue weighted by Gasteiger charge is 2.44. The molecule has 1 fully saturated rings. The van der Waals surface area contributed by atoms with Crippen molar-refractivity contribution in [2.45, 2.75) is 37.5 Å². The van der Waals surface area contributed by atoms with Gasteiger partial charge in [-0.3, -0.25) is 4.79 Å². The molecule has 0 N–H and O–H groups in total. The Balaban J connectivity index is 1.54. The first-order valence-electron chi connectivity index (χ1n) is 9.95. The second-order valence-corrected chi connectivity index (χ2v) is 8.17. The van der Waals surface area contributed by atoms with Crippen LogP contribution >= 0.6 is 0 Å². The number of hydrogen-bond donors (Lipinski definition) is 0. The Morgan fingerprint density at radius 2 is 2.18 bits per heavy atom. The smallest absolute Gasteiger partial charge is 0.227 e. The number of rotatable bonds is 4. The summed E-state index contributed by atoms with van der Waals surface area (Å²) in [5, 5.41) is 0. The first-order valence-corrected chi connectivity index (χ1v) is 9.95. The number of anilines is 1. The van der Waals surface area contributed by atoms with E-state index in [9.17, 15) is 4.79 Å². The Kier molecular flexibility index (Phi) is 4.96. The summed E-state index contributed by atoms with van der Waals surface area (Å²) >= 11 is 0. The minimum absolute atomic E-state index is 0.0225. The summed E-state index contributed by atoms with van der Waals surface area (Å²) in [6.45, 7) is 1.58. The lowest BCUT2D eigenvalue weighted by Gasteiger charge is -2.40. The molecule has 4 rings (SSSR count). The van der Waals surface area contributed by atoms with Crippen LogP contribution in [0.25, 0.3) is 0 Å². The summed E-state index contributed by atoms with van der Waals surface area (Å²) < 4.78 is 5.28. The molecule has 2 aliphatic rings. The minimum atomic E-state index is -0.0225. The van der Waals surface area contributed by atoms with Crippen LogP contribution in [0.3, 0.4) is 0 Å². The molecular formula is C22H28N4O2. The van der Waals surface area contributed by atoms with Gasteiger partial charge in [0.2, 0.25) is 11.9 Å². The van der Waals surface area contributed by atoms with Gasteiger partial charge < -0.3 is 14.5 Å². The Morgan fingerprint density at radius 1 is 1.32 bits per heavy atom. The second-order valence-electron chi connectivity index (χ2n) is 8.17. The van der Waals surface area contributed by atoms with Gasteiger partial charge in [-0.1, -0.05) is 12.1 Å². The summed E-state index contributed by atoms with van der Waals surface area (Å²) in [7, 11) is 5.58. The van der Waals surface area contributed by atoms with Gasteiger partial charge in [0.15, 0.2) is 0 Å². The second kappa shape index (κ2) is 7.41. The molecule has 0 radical (unpaired) electrons. The molecule has 1 amide bonds. The summed E-state index contributed by atoms with van der Waals surface area (Å²) in [5.74, 6) is 1.72. The van der Waals surface area contributed by atoms with Crippen molar-refractivity contribution in [3.8, 4) is 5.75 Å². The Labute approximate surface area is 166 Å². The molecule has 0 bridgehead atoms. The maximum absolute atomic E-state index is 13.0. The topological polar surface area (TPSA) is 58.6 Å². The molecule has 1 unspecified atom stereocenters. The lowest BCUT2D eigenvalue weighted by Crippen LogP contribution is -2.48. The molecule has 2 aromatic rings. The van der Waals surface area contributed by atoms with Gasteiger partial charge in [-0.05, 0) is 48.9 Å². The van der Waals surface area contributed by atoms with Crippen LogP contribution in [-0.4, -0.2) is 55.1 Å². The Bertz CT molecular complexity index is 879. The van der Waals surface area contributed by atoms with Gasteiger partial charge >= 0.3 is 0 Å². The zero-order chi connectivity index (χ0) is 19.7. The van der Waals surface area contributed by atoms with Gasteiger partial charge in [0.1, 0.15) is 5.75 Å². The van der Waals surface area contributed by atoms with E-state index >= 15 is 0 Å². The zero-order valence-corrected chi connectivity index (χ0v) is 16.9. The zero-order valence-electron chi connectivity index (χ0n) is 16.9. The van der Waals surface area contributed by atoms with Crippen LogP contribution in [0.15, 0.2) is 30.5 Å². The van der Waals surface area contributed by atoms with Crippen molar-refractivity contribution >= 4 is 11.9 Å². The largest absolute Gasteiger partial charge is 0.497 e. The van der Waals surface area contributed by atoms with Crippen LogP contribution in [0.5, 0.6) is 5.75 Å². The number of hydrogen-bond acceptors (Lipinski definition) is 5. The predicted octanol–water partition coefficient (Wildman–Crippen LogP) is 2.60. The van der Waals surface area contributed by atoms with Gasteiger partial charge in [-0.2, -0.15) is 0 Å². The van der Waals surface area contributed by atoms with Gasteiger partial charge in [0, 0.05) is 38.8 Å². The molecule has 0 saturated carbocycles. The van der Waals surface area contributed by atoms with Crippen molar-refractivity contribution in [2.75, 3.05) is 39.2 Å². The fraction of sp³-hybridized carbons (Fsp3) is 0.500. The van der Waals surface area contributed by atoms with Gasteiger partial charge in [0.05, 0.1) is 19.2 Å². The van der Waals surface area contributed by atoms with E-state index < -0.39 is 0 Å². The predicted molar refractivity (Wildman–Crippen MR) is 109 cm³/mol. The molecule has 2 heterocycles. The minimum Gasteiger partial charge on any atom is -0.497 e. The van der Waals surface area contributed by atoms with Crippen molar-refractivity contribution in [3.05, 3.63) is 47.3 Å². The molecule has 1 aliphatic heterocycles. The van der Waals surface area contributed by atoms with E-state index in [2.05, 4.69) is 4.98 Å². The average molecular weight is 380 g/mol. The normalized spacial score (nSPS) is 20.9. The van der Waals surface area contributed by atoms with Crippen molar-refractivity contribution in [2.24, 2.45) is 0 Å².